The second-order valence-corrected chi connectivity index (χ2v) is 6.27. The van der Waals surface area contributed by atoms with E-state index in [-0.39, 0.29) is 23.8 Å². The summed E-state index contributed by atoms with van der Waals surface area (Å²) in [5.41, 5.74) is 0. The fourth-order valence-electron chi connectivity index (χ4n) is 3.43. The molecule has 0 unspecified atom stereocenters. The van der Waals surface area contributed by atoms with Crippen molar-refractivity contribution >= 4 is 17.6 Å². The third-order valence-corrected chi connectivity index (χ3v) is 4.74. The quantitative estimate of drug-likeness (QED) is 0.857. The third kappa shape index (κ3) is 3.67. The lowest BCUT2D eigenvalue weighted by atomic mass is 9.89. The van der Waals surface area contributed by atoms with Crippen LogP contribution in [-0.2, 0) is 14.3 Å². The van der Waals surface area contributed by atoms with Gasteiger partial charge in [-0.15, -0.1) is 0 Å². The summed E-state index contributed by atoms with van der Waals surface area (Å²) in [6.07, 6.45) is 2.79. The Kier molecular flexibility index (Phi) is 5.30. The molecular formula is C17H24N4O3. The second-order valence-electron chi connectivity index (χ2n) is 6.27. The molecule has 2 fully saturated rings. The van der Waals surface area contributed by atoms with Crippen molar-refractivity contribution in [3.63, 3.8) is 0 Å². The number of hydrogen-bond acceptors (Lipinski definition) is 5. The standard InChI is InChI=1S/C17H24N4O3/c1-24-12-14-13(5-6-16(22)19-14)17(23)21-10-8-20(9-11-21)15-4-2-3-7-18-15/h2-4,7,13-14H,5-6,8-12H2,1H3,(H,19,22)/t13-,14-/m1/s1. The predicted octanol–water partition coefficient (Wildman–Crippen LogP) is 0.271. The maximum Gasteiger partial charge on any atom is 0.227 e. The summed E-state index contributed by atoms with van der Waals surface area (Å²) in [4.78, 5) is 32.9. The first-order valence-electron chi connectivity index (χ1n) is 8.42. The van der Waals surface area contributed by atoms with Crippen molar-refractivity contribution in [2.24, 2.45) is 5.92 Å². The van der Waals surface area contributed by atoms with Crippen molar-refractivity contribution in [2.75, 3.05) is 44.8 Å². The van der Waals surface area contributed by atoms with Crippen molar-refractivity contribution in [3.8, 4) is 0 Å². The first-order chi connectivity index (χ1) is 11.7. The van der Waals surface area contributed by atoms with Gasteiger partial charge < -0.3 is 19.9 Å². The second kappa shape index (κ2) is 7.61. The highest BCUT2D eigenvalue weighted by Gasteiger charge is 2.37. The monoisotopic (exact) mass is 332 g/mol. The van der Waals surface area contributed by atoms with E-state index in [2.05, 4.69) is 15.2 Å². The highest BCUT2D eigenvalue weighted by molar-refractivity contribution is 5.84. The van der Waals surface area contributed by atoms with Gasteiger partial charge in [0, 0.05) is 45.9 Å². The Morgan fingerprint density at radius 1 is 1.33 bits per heavy atom. The molecule has 0 spiro atoms. The molecule has 7 nitrogen and oxygen atoms in total. The molecule has 0 aromatic carbocycles. The zero-order chi connectivity index (χ0) is 16.9. The number of ether oxygens (including phenoxy) is 1. The Bertz CT molecular complexity index is 572. The molecule has 0 radical (unpaired) electrons. The minimum Gasteiger partial charge on any atom is -0.383 e. The molecule has 130 valence electrons. The van der Waals surface area contributed by atoms with Gasteiger partial charge in [-0.2, -0.15) is 0 Å². The summed E-state index contributed by atoms with van der Waals surface area (Å²) in [5.74, 6) is 0.884. The molecule has 2 amide bonds. The molecular weight excluding hydrogens is 308 g/mol. The maximum absolute atomic E-state index is 12.9. The van der Waals surface area contributed by atoms with E-state index in [1.165, 1.54) is 0 Å². The Labute approximate surface area is 142 Å². The number of nitrogens with one attached hydrogen (secondary N) is 1. The van der Waals surface area contributed by atoms with Crippen LogP contribution in [0.1, 0.15) is 12.8 Å². The number of hydrogen-bond donors (Lipinski definition) is 1. The van der Waals surface area contributed by atoms with Gasteiger partial charge in [0.15, 0.2) is 0 Å². The number of aromatic nitrogens is 1. The molecule has 2 atom stereocenters. The summed E-state index contributed by atoms with van der Waals surface area (Å²) in [6, 6.07) is 5.64. The maximum atomic E-state index is 12.9. The molecule has 1 aromatic heterocycles. The SMILES string of the molecule is COC[C@H]1NC(=O)CC[C@H]1C(=O)N1CCN(c2ccccn2)CC1. The van der Waals surface area contributed by atoms with Gasteiger partial charge in [-0.25, -0.2) is 4.98 Å². The molecule has 2 saturated heterocycles. The molecule has 7 heteroatoms. The number of carbonyl (C=O) groups is 2. The van der Waals surface area contributed by atoms with E-state index in [4.69, 9.17) is 4.74 Å². The van der Waals surface area contributed by atoms with Crippen LogP contribution in [0.15, 0.2) is 24.4 Å². The Morgan fingerprint density at radius 2 is 2.12 bits per heavy atom. The molecule has 2 aliphatic heterocycles. The highest BCUT2D eigenvalue weighted by Crippen LogP contribution is 2.22. The van der Waals surface area contributed by atoms with Gasteiger partial charge in [-0.3, -0.25) is 9.59 Å². The Balaban J connectivity index is 1.59. The average molecular weight is 332 g/mol. The van der Waals surface area contributed by atoms with Gasteiger partial charge in [-0.1, -0.05) is 6.07 Å². The van der Waals surface area contributed by atoms with Gasteiger partial charge in [0.1, 0.15) is 5.82 Å². The minimum absolute atomic E-state index is 0.000992. The third-order valence-electron chi connectivity index (χ3n) is 4.74. The fourth-order valence-corrected chi connectivity index (χ4v) is 3.43. The van der Waals surface area contributed by atoms with Crippen LogP contribution in [0.3, 0.4) is 0 Å². The topological polar surface area (TPSA) is 74.8 Å². The van der Waals surface area contributed by atoms with Crippen molar-refractivity contribution in [3.05, 3.63) is 24.4 Å². The zero-order valence-corrected chi connectivity index (χ0v) is 14.0. The molecule has 0 saturated carbocycles. The lowest BCUT2D eigenvalue weighted by Crippen LogP contribution is -2.56. The fraction of sp³-hybridized carbons (Fsp3) is 0.588. The van der Waals surface area contributed by atoms with Crippen molar-refractivity contribution < 1.29 is 14.3 Å². The average Bonchev–Trinajstić information content (AvgIpc) is 2.63. The molecule has 3 rings (SSSR count). The number of amides is 2. The first kappa shape index (κ1) is 16.7. The van der Waals surface area contributed by atoms with E-state index in [9.17, 15) is 9.59 Å². The molecule has 24 heavy (non-hydrogen) atoms. The number of pyridine rings is 1. The smallest absolute Gasteiger partial charge is 0.227 e. The van der Waals surface area contributed by atoms with Crippen LogP contribution in [0.25, 0.3) is 0 Å². The van der Waals surface area contributed by atoms with Gasteiger partial charge in [0.25, 0.3) is 0 Å². The van der Waals surface area contributed by atoms with Gasteiger partial charge >= 0.3 is 0 Å². The van der Waals surface area contributed by atoms with Gasteiger partial charge in [0.2, 0.25) is 11.8 Å². The van der Waals surface area contributed by atoms with E-state index < -0.39 is 0 Å². The first-order valence-corrected chi connectivity index (χ1v) is 8.42. The number of rotatable bonds is 4. The van der Waals surface area contributed by atoms with Gasteiger partial charge in [0.05, 0.1) is 18.6 Å². The lowest BCUT2D eigenvalue weighted by molar-refractivity contribution is -0.140. The van der Waals surface area contributed by atoms with Crippen LogP contribution in [0.5, 0.6) is 0 Å². The lowest BCUT2D eigenvalue weighted by Gasteiger charge is -2.39. The van der Waals surface area contributed by atoms with Crippen molar-refractivity contribution in [2.45, 2.75) is 18.9 Å². The van der Waals surface area contributed by atoms with E-state index in [1.54, 1.807) is 13.3 Å². The van der Waals surface area contributed by atoms with Crippen molar-refractivity contribution in [1.29, 1.82) is 0 Å². The Hall–Kier alpha value is -2.15. The summed E-state index contributed by atoms with van der Waals surface area (Å²) in [6.45, 7) is 3.28. The molecule has 2 aliphatic rings. The summed E-state index contributed by atoms with van der Waals surface area (Å²) < 4.78 is 5.17. The molecule has 3 heterocycles. The minimum atomic E-state index is -0.224. The highest BCUT2D eigenvalue weighted by atomic mass is 16.5. The molecule has 1 aromatic rings. The Morgan fingerprint density at radius 3 is 2.79 bits per heavy atom. The van der Waals surface area contributed by atoms with Crippen LogP contribution < -0.4 is 10.2 Å². The van der Waals surface area contributed by atoms with Crippen molar-refractivity contribution in [1.82, 2.24) is 15.2 Å². The van der Waals surface area contributed by atoms with E-state index in [1.807, 2.05) is 23.1 Å². The van der Waals surface area contributed by atoms with Crippen LogP contribution in [0.4, 0.5) is 5.82 Å². The van der Waals surface area contributed by atoms with Crippen LogP contribution >= 0.6 is 0 Å². The summed E-state index contributed by atoms with van der Waals surface area (Å²) in [7, 11) is 1.59. The normalized spacial score (nSPS) is 24.6. The molecule has 0 aliphatic carbocycles. The van der Waals surface area contributed by atoms with E-state index in [0.717, 1.165) is 18.9 Å². The number of carbonyl (C=O) groups excluding carboxylic acids is 2. The molecule has 0 bridgehead atoms. The number of piperidine rings is 1. The molecule has 1 N–H and O–H groups in total. The summed E-state index contributed by atoms with van der Waals surface area (Å²) >= 11 is 0. The zero-order valence-electron chi connectivity index (χ0n) is 14.0. The number of nitrogens with zero attached hydrogens (tertiary/aromatic N) is 3. The number of anilines is 1. The largest absolute Gasteiger partial charge is 0.383 e. The van der Waals surface area contributed by atoms with Gasteiger partial charge in [-0.05, 0) is 18.6 Å². The van der Waals surface area contributed by atoms with Crippen LogP contribution in [-0.4, -0.2) is 67.6 Å². The van der Waals surface area contributed by atoms with E-state index in [0.29, 0.717) is 32.5 Å². The number of piperazine rings is 1. The van der Waals surface area contributed by atoms with Crippen LogP contribution in [0.2, 0.25) is 0 Å². The van der Waals surface area contributed by atoms with E-state index >= 15 is 0 Å². The predicted molar refractivity (Wildman–Crippen MR) is 89.6 cm³/mol. The van der Waals surface area contributed by atoms with Crippen LogP contribution in [0, 0.1) is 5.92 Å². The summed E-state index contributed by atoms with van der Waals surface area (Å²) in [5, 5.41) is 2.89. The number of methoxy groups -OCH3 is 1.